The van der Waals surface area contributed by atoms with Gasteiger partial charge in [0, 0.05) is 18.4 Å². The third kappa shape index (κ3) is 1.59. The van der Waals surface area contributed by atoms with Crippen LogP contribution in [-0.4, -0.2) is 11.4 Å². The molecule has 2 rings (SSSR count). The smallest absolute Gasteiger partial charge is 0.0441 e. The molecule has 0 saturated heterocycles. The Balaban J connectivity index is 2.30. The first-order valence-corrected chi connectivity index (χ1v) is 4.93. The second kappa shape index (κ2) is 3.65. The second-order valence-corrected chi connectivity index (χ2v) is 3.42. The molecule has 0 saturated carbocycles. The summed E-state index contributed by atoms with van der Waals surface area (Å²) in [4.78, 5) is 2.30. The minimum atomic E-state index is 1.02. The van der Waals surface area contributed by atoms with Gasteiger partial charge >= 0.3 is 0 Å². The Kier molecular flexibility index (Phi) is 2.35. The van der Waals surface area contributed by atoms with E-state index in [2.05, 4.69) is 48.4 Å². The van der Waals surface area contributed by atoms with Crippen molar-refractivity contribution < 1.29 is 0 Å². The lowest BCUT2D eigenvalue weighted by Gasteiger charge is -2.27. The highest BCUT2D eigenvalue weighted by molar-refractivity contribution is 5.40. The van der Waals surface area contributed by atoms with E-state index in [4.69, 9.17) is 0 Å². The Morgan fingerprint density at radius 2 is 2.23 bits per heavy atom. The van der Waals surface area contributed by atoms with Gasteiger partial charge < -0.3 is 4.90 Å². The fourth-order valence-electron chi connectivity index (χ4n) is 1.80. The highest BCUT2D eigenvalue weighted by atomic mass is 15.1. The first-order chi connectivity index (χ1) is 6.42. The number of hydrogen-bond donors (Lipinski definition) is 0. The minimum absolute atomic E-state index is 1.02. The van der Waals surface area contributed by atoms with Crippen LogP contribution in [0.4, 0.5) is 0 Å². The fraction of sp³-hybridized carbons (Fsp3) is 0.333. The van der Waals surface area contributed by atoms with Gasteiger partial charge in [-0.3, -0.25) is 0 Å². The third-order valence-corrected chi connectivity index (χ3v) is 2.41. The molecule has 0 N–H and O–H groups in total. The zero-order valence-electron chi connectivity index (χ0n) is 8.03. The van der Waals surface area contributed by atoms with E-state index in [1.165, 1.54) is 24.1 Å². The van der Waals surface area contributed by atoms with Crippen LogP contribution in [-0.2, 0) is 0 Å². The van der Waals surface area contributed by atoms with Crippen molar-refractivity contribution >= 4 is 0 Å². The number of fused-ring (bicyclic) bond motifs is 1. The van der Waals surface area contributed by atoms with Crippen LogP contribution in [0.5, 0.6) is 0 Å². The molecule has 0 amide bonds. The van der Waals surface area contributed by atoms with Gasteiger partial charge in [0.25, 0.3) is 0 Å². The van der Waals surface area contributed by atoms with Crippen molar-refractivity contribution in [2.45, 2.75) is 19.8 Å². The summed E-state index contributed by atoms with van der Waals surface area (Å²) in [5.74, 6) is 0. The van der Waals surface area contributed by atoms with Crippen LogP contribution >= 0.6 is 0 Å². The van der Waals surface area contributed by atoms with Crippen LogP contribution in [0.25, 0.3) is 0 Å². The largest absolute Gasteiger partial charge is 0.344 e. The lowest BCUT2D eigenvalue weighted by Crippen LogP contribution is -2.21. The summed E-state index contributed by atoms with van der Waals surface area (Å²) in [6, 6.07) is 0. The average Bonchev–Trinajstić information content (AvgIpc) is 2.19. The SMILES string of the molecule is CCCC1=C2C=CC=CN2CC=C1. The molecule has 0 bridgehead atoms. The van der Waals surface area contributed by atoms with Gasteiger partial charge in [0.15, 0.2) is 0 Å². The van der Waals surface area contributed by atoms with Crippen molar-refractivity contribution in [3.05, 3.63) is 47.9 Å². The van der Waals surface area contributed by atoms with Crippen molar-refractivity contribution in [1.82, 2.24) is 4.90 Å². The van der Waals surface area contributed by atoms with Gasteiger partial charge in [-0.2, -0.15) is 0 Å². The topological polar surface area (TPSA) is 3.24 Å². The zero-order chi connectivity index (χ0) is 9.10. The Morgan fingerprint density at radius 3 is 3.08 bits per heavy atom. The Hall–Kier alpha value is -1.24. The molecule has 0 atom stereocenters. The Labute approximate surface area is 79.7 Å². The van der Waals surface area contributed by atoms with Crippen LogP contribution in [0.3, 0.4) is 0 Å². The summed E-state index contributed by atoms with van der Waals surface area (Å²) in [6.45, 7) is 3.24. The Bertz CT molecular complexity index is 305. The van der Waals surface area contributed by atoms with Crippen molar-refractivity contribution in [3.8, 4) is 0 Å². The molecular formula is C12H15N. The van der Waals surface area contributed by atoms with Crippen molar-refractivity contribution in [3.63, 3.8) is 0 Å². The number of allylic oxidation sites excluding steroid dienone is 5. The lowest BCUT2D eigenvalue weighted by molar-refractivity contribution is 0.513. The molecule has 0 spiro atoms. The molecule has 0 fully saturated rings. The number of hydrogen-bond acceptors (Lipinski definition) is 1. The monoisotopic (exact) mass is 173 g/mol. The second-order valence-electron chi connectivity index (χ2n) is 3.42. The summed E-state index contributed by atoms with van der Waals surface area (Å²) < 4.78 is 0. The van der Waals surface area contributed by atoms with Gasteiger partial charge in [-0.05, 0) is 24.1 Å². The van der Waals surface area contributed by atoms with Crippen molar-refractivity contribution in [1.29, 1.82) is 0 Å². The summed E-state index contributed by atoms with van der Waals surface area (Å²) >= 11 is 0. The van der Waals surface area contributed by atoms with E-state index in [9.17, 15) is 0 Å². The summed E-state index contributed by atoms with van der Waals surface area (Å²) in [7, 11) is 0. The molecule has 0 aromatic carbocycles. The molecule has 2 aliphatic heterocycles. The average molecular weight is 173 g/mol. The summed E-state index contributed by atoms with van der Waals surface area (Å²) in [5.41, 5.74) is 2.85. The van der Waals surface area contributed by atoms with Gasteiger partial charge in [-0.15, -0.1) is 0 Å². The lowest BCUT2D eigenvalue weighted by atomic mass is 10.0. The zero-order valence-corrected chi connectivity index (χ0v) is 8.03. The Morgan fingerprint density at radius 1 is 1.31 bits per heavy atom. The number of rotatable bonds is 2. The van der Waals surface area contributed by atoms with Gasteiger partial charge in [0.2, 0.25) is 0 Å². The highest BCUT2D eigenvalue weighted by Crippen LogP contribution is 2.24. The first kappa shape index (κ1) is 8.36. The predicted octanol–water partition coefficient (Wildman–Crippen LogP) is 3.00. The summed E-state index contributed by atoms with van der Waals surface area (Å²) in [5, 5.41) is 0. The molecule has 0 radical (unpaired) electrons. The van der Waals surface area contributed by atoms with E-state index in [1.807, 2.05) is 0 Å². The molecule has 13 heavy (non-hydrogen) atoms. The van der Waals surface area contributed by atoms with E-state index < -0.39 is 0 Å². The minimum Gasteiger partial charge on any atom is -0.344 e. The third-order valence-electron chi connectivity index (χ3n) is 2.41. The van der Waals surface area contributed by atoms with Gasteiger partial charge in [-0.25, -0.2) is 0 Å². The summed E-state index contributed by atoms with van der Waals surface area (Å²) in [6.07, 6.45) is 15.4. The molecule has 2 aliphatic rings. The van der Waals surface area contributed by atoms with E-state index >= 15 is 0 Å². The van der Waals surface area contributed by atoms with Crippen LogP contribution < -0.4 is 0 Å². The maximum absolute atomic E-state index is 2.30. The number of nitrogens with zero attached hydrogens (tertiary/aromatic N) is 1. The molecule has 2 heterocycles. The van der Waals surface area contributed by atoms with Crippen LogP contribution in [0, 0.1) is 0 Å². The van der Waals surface area contributed by atoms with E-state index in [0.29, 0.717) is 0 Å². The molecule has 0 aromatic heterocycles. The van der Waals surface area contributed by atoms with Gasteiger partial charge in [0.05, 0.1) is 0 Å². The molecule has 68 valence electrons. The van der Waals surface area contributed by atoms with E-state index in [1.54, 1.807) is 0 Å². The van der Waals surface area contributed by atoms with Crippen LogP contribution in [0.2, 0.25) is 0 Å². The maximum Gasteiger partial charge on any atom is 0.0441 e. The van der Waals surface area contributed by atoms with Gasteiger partial charge in [-0.1, -0.05) is 31.6 Å². The molecule has 1 heteroatoms. The maximum atomic E-state index is 2.30. The fourth-order valence-corrected chi connectivity index (χ4v) is 1.80. The molecule has 0 aromatic rings. The first-order valence-electron chi connectivity index (χ1n) is 4.93. The van der Waals surface area contributed by atoms with Crippen molar-refractivity contribution in [2.24, 2.45) is 0 Å². The molecule has 0 unspecified atom stereocenters. The molecular weight excluding hydrogens is 158 g/mol. The molecule has 0 aliphatic carbocycles. The standard InChI is InChI=1S/C12H15N/c1-2-6-11-7-5-10-13-9-4-3-8-12(11)13/h3-5,7-9H,2,6,10H2,1H3. The van der Waals surface area contributed by atoms with Crippen molar-refractivity contribution in [2.75, 3.05) is 6.54 Å². The predicted molar refractivity (Wildman–Crippen MR) is 56.1 cm³/mol. The van der Waals surface area contributed by atoms with Crippen LogP contribution in [0.1, 0.15) is 19.8 Å². The normalized spacial score (nSPS) is 19.6. The molecule has 1 nitrogen and oxygen atoms in total. The van der Waals surface area contributed by atoms with Crippen LogP contribution in [0.15, 0.2) is 47.9 Å². The van der Waals surface area contributed by atoms with E-state index in [0.717, 1.165) is 6.54 Å². The van der Waals surface area contributed by atoms with Gasteiger partial charge in [0.1, 0.15) is 0 Å². The quantitative estimate of drug-likeness (QED) is 0.620. The van der Waals surface area contributed by atoms with E-state index in [-0.39, 0.29) is 0 Å². The highest BCUT2D eigenvalue weighted by Gasteiger charge is 2.12.